The van der Waals surface area contributed by atoms with E-state index in [1.165, 1.54) is 0 Å². The van der Waals surface area contributed by atoms with E-state index in [0.29, 0.717) is 42.0 Å². The topological polar surface area (TPSA) is 101 Å². The van der Waals surface area contributed by atoms with Crippen LogP contribution in [0, 0.1) is 11.8 Å². The number of carboxylic acid groups (broad SMARTS) is 1. The Morgan fingerprint density at radius 3 is 2.42 bits per heavy atom. The van der Waals surface area contributed by atoms with Gasteiger partial charge in [-0.15, -0.1) is 0 Å². The first-order valence-corrected chi connectivity index (χ1v) is 13.6. The second-order valence-electron chi connectivity index (χ2n) is 10.1. The molecular weight excluding hydrogens is 506 g/mol. The smallest absolute Gasteiger partial charge is 0.335 e. The first-order chi connectivity index (χ1) is 19.5. The van der Waals surface area contributed by atoms with Crippen molar-refractivity contribution in [3.05, 3.63) is 102 Å². The van der Waals surface area contributed by atoms with E-state index >= 15 is 0 Å². The lowest BCUT2D eigenvalue weighted by Gasteiger charge is -2.32. The zero-order chi connectivity index (χ0) is 27.7. The number of nitrogens with zero attached hydrogens (tertiary/aromatic N) is 2. The quantitative estimate of drug-likeness (QED) is 0.334. The Morgan fingerprint density at radius 1 is 0.925 bits per heavy atom. The number of ether oxygens (including phenoxy) is 2. The van der Waals surface area contributed by atoms with E-state index in [1.807, 2.05) is 36.4 Å². The van der Waals surface area contributed by atoms with Crippen LogP contribution in [-0.2, 0) is 0 Å². The lowest BCUT2D eigenvalue weighted by atomic mass is 9.98. The molecule has 1 amide bonds. The molecule has 1 atom stereocenters. The molecule has 0 radical (unpaired) electrons. The molecule has 5 rings (SSSR count). The number of hydrogen-bond donors (Lipinski definition) is 2. The summed E-state index contributed by atoms with van der Waals surface area (Å²) in [5, 5.41) is 12.1. The molecule has 1 fully saturated rings. The van der Waals surface area contributed by atoms with Crippen LogP contribution in [0.5, 0.6) is 11.5 Å². The van der Waals surface area contributed by atoms with E-state index in [9.17, 15) is 9.59 Å². The maximum absolute atomic E-state index is 12.7. The minimum absolute atomic E-state index is 0.198. The highest BCUT2D eigenvalue weighted by molar-refractivity contribution is 6.04. The lowest BCUT2D eigenvalue weighted by molar-refractivity contribution is 0.0696. The molecular formula is C32H33N3O5. The van der Waals surface area contributed by atoms with E-state index in [1.54, 1.807) is 42.6 Å². The summed E-state index contributed by atoms with van der Waals surface area (Å²) in [5.74, 6) is 1.80. The highest BCUT2D eigenvalue weighted by Crippen LogP contribution is 2.24. The van der Waals surface area contributed by atoms with Gasteiger partial charge in [0.25, 0.3) is 5.91 Å². The molecule has 8 heteroatoms. The molecule has 1 saturated heterocycles. The molecule has 1 aliphatic heterocycles. The lowest BCUT2D eigenvalue weighted by Crippen LogP contribution is -2.36. The van der Waals surface area contributed by atoms with Crippen molar-refractivity contribution in [2.45, 2.75) is 19.3 Å². The van der Waals surface area contributed by atoms with Gasteiger partial charge in [-0.2, -0.15) is 0 Å². The van der Waals surface area contributed by atoms with Crippen molar-refractivity contribution in [3.8, 4) is 11.5 Å². The molecule has 2 heterocycles. The van der Waals surface area contributed by atoms with E-state index in [4.69, 9.17) is 14.6 Å². The molecule has 8 nitrogen and oxygen atoms in total. The van der Waals surface area contributed by atoms with Gasteiger partial charge in [-0.1, -0.05) is 30.4 Å². The molecule has 0 bridgehead atoms. The van der Waals surface area contributed by atoms with Gasteiger partial charge in [0.15, 0.2) is 0 Å². The molecule has 2 aliphatic rings. The van der Waals surface area contributed by atoms with Crippen molar-refractivity contribution in [2.24, 2.45) is 11.8 Å². The van der Waals surface area contributed by atoms with Gasteiger partial charge in [-0.25, -0.2) is 9.78 Å². The van der Waals surface area contributed by atoms with Crippen molar-refractivity contribution in [3.63, 3.8) is 0 Å². The fourth-order valence-corrected chi connectivity index (χ4v) is 4.77. The van der Waals surface area contributed by atoms with Gasteiger partial charge in [0.2, 0.25) is 0 Å². The van der Waals surface area contributed by atoms with Crippen LogP contribution in [0.1, 0.15) is 40.0 Å². The summed E-state index contributed by atoms with van der Waals surface area (Å²) in [4.78, 5) is 30.7. The van der Waals surface area contributed by atoms with E-state index in [2.05, 4.69) is 27.4 Å². The van der Waals surface area contributed by atoms with Crippen LogP contribution >= 0.6 is 0 Å². The third-order valence-electron chi connectivity index (χ3n) is 7.16. The van der Waals surface area contributed by atoms with Crippen LogP contribution in [0.3, 0.4) is 0 Å². The van der Waals surface area contributed by atoms with Crippen LogP contribution in [0.15, 0.2) is 91.2 Å². The minimum Gasteiger partial charge on any atom is -0.493 e. The minimum atomic E-state index is -0.961. The molecule has 2 N–H and O–H groups in total. The molecule has 3 aromatic rings. The third kappa shape index (κ3) is 7.28. The number of aromatic nitrogens is 1. The van der Waals surface area contributed by atoms with Gasteiger partial charge in [0.1, 0.15) is 17.3 Å². The molecule has 2 aromatic carbocycles. The Balaban J connectivity index is 1.06. The molecule has 1 unspecified atom stereocenters. The van der Waals surface area contributed by atoms with Crippen molar-refractivity contribution >= 4 is 23.4 Å². The number of aromatic carboxylic acids is 1. The number of nitrogens with one attached hydrogen (secondary N) is 1. The standard InChI is InChI=1S/C32H33N3O5/c36-31(25-9-12-28(13-10-25)39-21-23-5-2-1-3-6-23)34-27-11-14-30(33-20-27)35-17-15-24(16-18-35)22-40-29-8-4-7-26(19-29)32(37)38/h1-5,7-14,19-20,23-24H,6,15-18,21-22H2,(H,34,36)(H,37,38). The average molecular weight is 540 g/mol. The predicted molar refractivity (Wildman–Crippen MR) is 154 cm³/mol. The predicted octanol–water partition coefficient (Wildman–Crippen LogP) is 5.84. The first-order valence-electron chi connectivity index (χ1n) is 13.6. The highest BCUT2D eigenvalue weighted by atomic mass is 16.5. The number of allylic oxidation sites excluding steroid dienone is 3. The second kappa shape index (κ2) is 13.0. The summed E-state index contributed by atoms with van der Waals surface area (Å²) in [5.41, 5.74) is 1.41. The van der Waals surface area contributed by atoms with Crippen LogP contribution in [0.2, 0.25) is 0 Å². The van der Waals surface area contributed by atoms with Crippen LogP contribution < -0.4 is 19.7 Å². The molecule has 40 heavy (non-hydrogen) atoms. The maximum Gasteiger partial charge on any atom is 0.335 e. The normalized spacial score (nSPS) is 16.9. The Kier molecular flexibility index (Phi) is 8.76. The maximum atomic E-state index is 12.7. The van der Waals surface area contributed by atoms with E-state index in [0.717, 1.165) is 43.9 Å². The van der Waals surface area contributed by atoms with Gasteiger partial charge in [0.05, 0.1) is 30.7 Å². The average Bonchev–Trinajstić information content (AvgIpc) is 3.00. The number of rotatable bonds is 10. The fraction of sp³-hybridized carbons (Fsp3) is 0.281. The summed E-state index contributed by atoms with van der Waals surface area (Å²) in [6.45, 7) is 2.87. The number of anilines is 2. The third-order valence-corrected chi connectivity index (χ3v) is 7.16. The monoisotopic (exact) mass is 539 g/mol. The van der Waals surface area contributed by atoms with Gasteiger partial charge < -0.3 is 24.8 Å². The SMILES string of the molecule is O=C(O)c1cccc(OCC2CCN(c3ccc(NC(=O)c4ccc(OCC5C=CC=CC5)cc4)cn3)CC2)c1. The number of carbonyl (C=O) groups excluding carboxylic acids is 1. The van der Waals surface area contributed by atoms with Gasteiger partial charge >= 0.3 is 5.97 Å². The Labute approximate surface area is 234 Å². The summed E-state index contributed by atoms with van der Waals surface area (Å²) in [7, 11) is 0. The zero-order valence-corrected chi connectivity index (χ0v) is 22.2. The van der Waals surface area contributed by atoms with Gasteiger partial charge in [0, 0.05) is 24.6 Å². The summed E-state index contributed by atoms with van der Waals surface area (Å²) >= 11 is 0. The number of carbonyl (C=O) groups is 2. The molecule has 0 saturated carbocycles. The van der Waals surface area contributed by atoms with Crippen molar-refractivity contribution < 1.29 is 24.2 Å². The van der Waals surface area contributed by atoms with Gasteiger partial charge in [-0.05, 0) is 79.8 Å². The molecule has 1 aliphatic carbocycles. The molecule has 0 spiro atoms. The van der Waals surface area contributed by atoms with Crippen molar-refractivity contribution in [1.82, 2.24) is 4.98 Å². The molecule has 1 aromatic heterocycles. The number of benzene rings is 2. The van der Waals surface area contributed by atoms with E-state index in [-0.39, 0.29) is 11.5 Å². The van der Waals surface area contributed by atoms with Crippen LogP contribution in [0.25, 0.3) is 0 Å². The van der Waals surface area contributed by atoms with E-state index < -0.39 is 5.97 Å². The van der Waals surface area contributed by atoms with Gasteiger partial charge in [-0.3, -0.25) is 4.79 Å². The first kappa shape index (κ1) is 27.0. The summed E-state index contributed by atoms with van der Waals surface area (Å²) in [6.07, 6.45) is 12.9. The highest BCUT2D eigenvalue weighted by Gasteiger charge is 2.21. The van der Waals surface area contributed by atoms with Crippen molar-refractivity contribution in [1.29, 1.82) is 0 Å². The fourth-order valence-electron chi connectivity index (χ4n) is 4.77. The second-order valence-corrected chi connectivity index (χ2v) is 10.1. The van der Waals surface area contributed by atoms with Crippen molar-refractivity contribution in [2.75, 3.05) is 36.5 Å². The summed E-state index contributed by atoms with van der Waals surface area (Å²) in [6, 6.07) is 17.6. The number of amides is 1. The number of pyridine rings is 1. The molecule has 206 valence electrons. The van der Waals surface area contributed by atoms with Crippen LogP contribution in [-0.4, -0.2) is 48.3 Å². The number of carboxylic acids is 1. The number of piperidine rings is 1. The Morgan fingerprint density at radius 2 is 1.73 bits per heavy atom. The zero-order valence-electron chi connectivity index (χ0n) is 22.2. The van der Waals surface area contributed by atoms with Crippen LogP contribution in [0.4, 0.5) is 11.5 Å². The summed E-state index contributed by atoms with van der Waals surface area (Å²) < 4.78 is 11.7. The largest absolute Gasteiger partial charge is 0.493 e. The Bertz CT molecular complexity index is 1360. The number of hydrogen-bond acceptors (Lipinski definition) is 6. The Hall–Kier alpha value is -4.59.